The third kappa shape index (κ3) is 4.93. The van der Waals surface area contributed by atoms with E-state index in [0.717, 1.165) is 48.5 Å². The second-order valence-corrected chi connectivity index (χ2v) is 9.62. The maximum atomic E-state index is 13.3. The molecule has 0 radical (unpaired) electrons. The maximum Gasteiger partial charge on any atom is 0.243 e. The number of benzene rings is 1. The van der Waals surface area contributed by atoms with Crippen molar-refractivity contribution < 1.29 is 4.79 Å². The zero-order valence-corrected chi connectivity index (χ0v) is 18.9. The van der Waals surface area contributed by atoms with Crippen LogP contribution in [0.15, 0.2) is 42.9 Å². The molecule has 8 heteroatoms. The lowest BCUT2D eigenvalue weighted by Crippen LogP contribution is -2.54. The molecule has 2 aromatic heterocycles. The first-order valence-corrected chi connectivity index (χ1v) is 11.0. The molecule has 1 aliphatic heterocycles. The first kappa shape index (κ1) is 21.4. The van der Waals surface area contributed by atoms with E-state index in [-0.39, 0.29) is 17.4 Å². The molecule has 7 nitrogen and oxygen atoms in total. The van der Waals surface area contributed by atoms with Crippen molar-refractivity contribution in [3.63, 3.8) is 0 Å². The van der Waals surface area contributed by atoms with E-state index in [4.69, 9.17) is 11.6 Å². The molecule has 1 aromatic carbocycles. The van der Waals surface area contributed by atoms with Crippen LogP contribution >= 0.6 is 11.6 Å². The van der Waals surface area contributed by atoms with Crippen LogP contribution in [0, 0.1) is 5.41 Å². The van der Waals surface area contributed by atoms with Crippen LogP contribution in [0.25, 0.3) is 11.0 Å². The predicted octanol–water partition coefficient (Wildman–Crippen LogP) is 4.22. The normalized spacial score (nSPS) is 18.1. The molecule has 0 unspecified atom stereocenters. The Morgan fingerprint density at radius 3 is 2.90 bits per heavy atom. The molecule has 1 fully saturated rings. The van der Waals surface area contributed by atoms with Crippen molar-refractivity contribution in [2.75, 3.05) is 23.3 Å². The summed E-state index contributed by atoms with van der Waals surface area (Å²) in [5.74, 6) is 0.906. The van der Waals surface area contributed by atoms with Gasteiger partial charge in [-0.1, -0.05) is 38.4 Å². The molecule has 2 atom stereocenters. The van der Waals surface area contributed by atoms with Gasteiger partial charge < -0.3 is 20.5 Å². The van der Waals surface area contributed by atoms with Crippen molar-refractivity contribution >= 4 is 40.0 Å². The number of anilines is 2. The first-order valence-electron chi connectivity index (χ1n) is 10.7. The van der Waals surface area contributed by atoms with Crippen LogP contribution in [-0.4, -0.2) is 46.0 Å². The molecule has 0 bridgehead atoms. The molecule has 0 spiro atoms. The van der Waals surface area contributed by atoms with Crippen LogP contribution in [0.2, 0.25) is 5.02 Å². The molecule has 4 rings (SSSR count). The topological polar surface area (TPSA) is 85.9 Å². The van der Waals surface area contributed by atoms with E-state index >= 15 is 0 Å². The molecule has 1 amide bonds. The molecule has 31 heavy (non-hydrogen) atoms. The Morgan fingerprint density at radius 2 is 2.13 bits per heavy atom. The number of amides is 1. The van der Waals surface area contributed by atoms with Gasteiger partial charge in [-0.05, 0) is 42.5 Å². The molecule has 0 saturated carbocycles. The minimum absolute atomic E-state index is 0.00574. The molecule has 3 heterocycles. The highest BCUT2D eigenvalue weighted by atomic mass is 35.5. The van der Waals surface area contributed by atoms with Crippen LogP contribution in [-0.2, 0) is 4.79 Å². The van der Waals surface area contributed by atoms with E-state index in [9.17, 15) is 4.79 Å². The van der Waals surface area contributed by atoms with Crippen molar-refractivity contribution in [1.29, 1.82) is 0 Å². The molecule has 0 aliphatic carbocycles. The smallest absolute Gasteiger partial charge is 0.243 e. The summed E-state index contributed by atoms with van der Waals surface area (Å²) >= 11 is 6.13. The summed E-state index contributed by atoms with van der Waals surface area (Å²) in [7, 11) is 0. The highest BCUT2D eigenvalue weighted by Crippen LogP contribution is 2.27. The standard InChI is InChI=1S/C23H29ClN6O/c1-23(2,3)19(28-16-7-4-6-15(24)12-16)22(31)29-17-8-5-11-30(13-17)21-18-9-10-25-20(18)26-14-27-21/h4,6-7,9-10,12,14,17,19,28H,5,8,11,13H2,1-3H3,(H,29,31)(H,25,26,27)/t17-,19+/m1/s1. The van der Waals surface area contributed by atoms with Crippen molar-refractivity contribution in [3.8, 4) is 0 Å². The van der Waals surface area contributed by atoms with Gasteiger partial charge in [-0.2, -0.15) is 0 Å². The highest BCUT2D eigenvalue weighted by molar-refractivity contribution is 6.30. The van der Waals surface area contributed by atoms with Gasteiger partial charge in [0.1, 0.15) is 23.8 Å². The van der Waals surface area contributed by atoms with E-state index in [1.807, 2.05) is 36.5 Å². The number of nitrogens with zero attached hydrogens (tertiary/aromatic N) is 3. The maximum absolute atomic E-state index is 13.3. The molecule has 3 N–H and O–H groups in total. The van der Waals surface area contributed by atoms with Crippen LogP contribution in [0.3, 0.4) is 0 Å². The van der Waals surface area contributed by atoms with E-state index in [2.05, 4.69) is 51.3 Å². The number of H-pyrrole nitrogens is 1. The van der Waals surface area contributed by atoms with E-state index < -0.39 is 6.04 Å². The average molecular weight is 441 g/mol. The number of rotatable bonds is 5. The Kier molecular flexibility index (Phi) is 6.05. The fraction of sp³-hybridized carbons (Fsp3) is 0.435. The van der Waals surface area contributed by atoms with Crippen molar-refractivity contribution in [1.82, 2.24) is 20.3 Å². The molecular formula is C23H29ClN6O. The summed E-state index contributed by atoms with van der Waals surface area (Å²) in [6.45, 7) is 7.81. The van der Waals surface area contributed by atoms with Gasteiger partial charge in [0.15, 0.2) is 0 Å². The summed E-state index contributed by atoms with van der Waals surface area (Å²) in [6, 6.07) is 9.13. The van der Waals surface area contributed by atoms with Crippen LogP contribution in [0.1, 0.15) is 33.6 Å². The molecule has 1 aliphatic rings. The van der Waals surface area contributed by atoms with Gasteiger partial charge in [0.25, 0.3) is 0 Å². The molecule has 3 aromatic rings. The summed E-state index contributed by atoms with van der Waals surface area (Å²) < 4.78 is 0. The van der Waals surface area contributed by atoms with Gasteiger partial charge in [-0.3, -0.25) is 4.79 Å². The third-order valence-corrected chi connectivity index (χ3v) is 5.90. The minimum atomic E-state index is -0.392. The fourth-order valence-electron chi connectivity index (χ4n) is 4.10. The number of fused-ring (bicyclic) bond motifs is 1. The number of nitrogens with one attached hydrogen (secondary N) is 3. The first-order chi connectivity index (χ1) is 14.8. The van der Waals surface area contributed by atoms with Crippen molar-refractivity contribution in [2.45, 2.75) is 45.7 Å². The van der Waals surface area contributed by atoms with Gasteiger partial charge in [-0.15, -0.1) is 0 Å². The summed E-state index contributed by atoms with van der Waals surface area (Å²) in [6.07, 6.45) is 5.39. The number of hydrogen-bond donors (Lipinski definition) is 3. The zero-order valence-electron chi connectivity index (χ0n) is 18.2. The largest absolute Gasteiger partial charge is 0.373 e. The van der Waals surface area contributed by atoms with Gasteiger partial charge in [0, 0.05) is 36.0 Å². The monoisotopic (exact) mass is 440 g/mol. The van der Waals surface area contributed by atoms with Crippen LogP contribution in [0.5, 0.6) is 0 Å². The van der Waals surface area contributed by atoms with Crippen molar-refractivity contribution in [3.05, 3.63) is 47.9 Å². The number of carbonyl (C=O) groups is 1. The second kappa shape index (κ2) is 8.75. The van der Waals surface area contributed by atoms with Gasteiger partial charge in [0.05, 0.1) is 5.39 Å². The number of piperidine rings is 1. The highest BCUT2D eigenvalue weighted by Gasteiger charge is 2.33. The summed E-state index contributed by atoms with van der Waals surface area (Å²) in [5.41, 5.74) is 1.39. The lowest BCUT2D eigenvalue weighted by Gasteiger charge is -2.37. The minimum Gasteiger partial charge on any atom is -0.373 e. The number of aromatic amines is 1. The lowest BCUT2D eigenvalue weighted by molar-refractivity contribution is -0.124. The molecular weight excluding hydrogens is 412 g/mol. The van der Waals surface area contributed by atoms with E-state index in [1.54, 1.807) is 6.33 Å². The Morgan fingerprint density at radius 1 is 1.29 bits per heavy atom. The van der Waals surface area contributed by atoms with E-state index in [0.29, 0.717) is 5.02 Å². The average Bonchev–Trinajstić information content (AvgIpc) is 3.20. The van der Waals surface area contributed by atoms with Crippen LogP contribution < -0.4 is 15.5 Å². The van der Waals surface area contributed by atoms with E-state index in [1.165, 1.54) is 0 Å². The number of aromatic nitrogens is 3. The van der Waals surface area contributed by atoms with Crippen LogP contribution in [0.4, 0.5) is 11.5 Å². The van der Waals surface area contributed by atoms with Crippen molar-refractivity contribution in [2.24, 2.45) is 5.41 Å². The fourth-order valence-corrected chi connectivity index (χ4v) is 4.29. The SMILES string of the molecule is CC(C)(C)[C@@H](Nc1cccc(Cl)c1)C(=O)N[C@@H]1CCCN(c2ncnc3[nH]ccc23)C1. The number of halogens is 1. The van der Waals surface area contributed by atoms with Gasteiger partial charge in [-0.25, -0.2) is 9.97 Å². The number of carbonyl (C=O) groups excluding carboxylic acids is 1. The predicted molar refractivity (Wildman–Crippen MR) is 126 cm³/mol. The second-order valence-electron chi connectivity index (χ2n) is 9.18. The lowest BCUT2D eigenvalue weighted by atomic mass is 9.85. The quantitative estimate of drug-likeness (QED) is 0.553. The Labute approximate surface area is 187 Å². The Balaban J connectivity index is 1.47. The molecule has 1 saturated heterocycles. The summed E-state index contributed by atoms with van der Waals surface area (Å²) in [4.78, 5) is 27.5. The summed E-state index contributed by atoms with van der Waals surface area (Å²) in [5, 5.41) is 8.30. The Hall–Kier alpha value is -2.80. The molecule has 164 valence electrons. The zero-order chi connectivity index (χ0) is 22.0. The Bertz CT molecular complexity index is 1060. The van der Waals surface area contributed by atoms with Gasteiger partial charge in [0.2, 0.25) is 5.91 Å². The number of hydrogen-bond acceptors (Lipinski definition) is 5. The van der Waals surface area contributed by atoms with Gasteiger partial charge >= 0.3 is 0 Å². The third-order valence-electron chi connectivity index (χ3n) is 5.66.